The van der Waals surface area contributed by atoms with Crippen molar-refractivity contribution in [3.63, 3.8) is 0 Å². The highest BCUT2D eigenvalue weighted by atomic mass is 79.9. The number of pyridine rings is 1. The van der Waals surface area contributed by atoms with Crippen molar-refractivity contribution in [3.05, 3.63) is 28.6 Å². The summed E-state index contributed by atoms with van der Waals surface area (Å²) >= 11 is 3.27. The van der Waals surface area contributed by atoms with Crippen molar-refractivity contribution in [2.75, 3.05) is 0 Å². The summed E-state index contributed by atoms with van der Waals surface area (Å²) in [7, 11) is 0. The van der Waals surface area contributed by atoms with E-state index in [1.54, 1.807) is 22.7 Å². The van der Waals surface area contributed by atoms with E-state index in [1.165, 1.54) is 0 Å². The molecule has 0 spiro atoms. The first-order chi connectivity index (χ1) is 7.16. The molecule has 80 valence electrons. The van der Waals surface area contributed by atoms with Crippen LogP contribution in [0.4, 0.5) is 8.78 Å². The number of halogens is 3. The van der Waals surface area contributed by atoms with Crippen LogP contribution < -0.4 is 0 Å². The third kappa shape index (κ3) is 2.29. The highest BCUT2D eigenvalue weighted by molar-refractivity contribution is 9.10. The van der Waals surface area contributed by atoms with E-state index < -0.39 is 6.61 Å². The lowest BCUT2D eigenvalue weighted by atomic mass is 10.5. The van der Waals surface area contributed by atoms with Crippen LogP contribution in [0.1, 0.15) is 5.82 Å². The summed E-state index contributed by atoms with van der Waals surface area (Å²) in [6, 6.07) is 3.52. The minimum absolute atomic E-state index is 0.269. The fourth-order valence-electron chi connectivity index (χ4n) is 1.15. The molecular formula is C8H6BrF2N3O. The van der Waals surface area contributed by atoms with E-state index in [-0.39, 0.29) is 6.61 Å². The number of hydrogen-bond donors (Lipinski definition) is 0. The molecular weight excluding hydrogens is 272 g/mol. The predicted molar refractivity (Wildman–Crippen MR) is 51.5 cm³/mol. The average Bonchev–Trinajstić information content (AvgIpc) is 2.57. The molecule has 0 radical (unpaired) electrons. The van der Waals surface area contributed by atoms with Crippen LogP contribution in [0.2, 0.25) is 0 Å². The second-order valence-electron chi connectivity index (χ2n) is 2.76. The molecule has 0 atom stereocenters. The SMILES string of the molecule is FC(F)OCc1nnc2ccc(Br)cn12. The van der Waals surface area contributed by atoms with E-state index >= 15 is 0 Å². The molecule has 2 heterocycles. The van der Waals surface area contributed by atoms with Crippen LogP contribution in [0.5, 0.6) is 0 Å². The van der Waals surface area contributed by atoms with Crippen LogP contribution >= 0.6 is 15.9 Å². The molecule has 0 aliphatic carbocycles. The summed E-state index contributed by atoms with van der Waals surface area (Å²) in [5.74, 6) is 0.339. The smallest absolute Gasteiger partial charge is 0.315 e. The number of hydrogen-bond acceptors (Lipinski definition) is 3. The summed E-state index contributed by atoms with van der Waals surface area (Å²) in [4.78, 5) is 0. The molecule has 15 heavy (non-hydrogen) atoms. The Bertz CT molecular complexity index is 474. The zero-order valence-corrected chi connectivity index (χ0v) is 8.99. The molecule has 0 saturated heterocycles. The Morgan fingerprint density at radius 3 is 2.93 bits per heavy atom. The second kappa shape index (κ2) is 4.19. The van der Waals surface area contributed by atoms with Gasteiger partial charge in [-0.15, -0.1) is 10.2 Å². The lowest BCUT2D eigenvalue weighted by molar-refractivity contribution is -0.138. The maximum Gasteiger partial charge on any atom is 0.345 e. The summed E-state index contributed by atoms with van der Waals surface area (Å²) in [6.45, 7) is -3.07. The van der Waals surface area contributed by atoms with Crippen molar-refractivity contribution in [1.29, 1.82) is 0 Å². The van der Waals surface area contributed by atoms with Gasteiger partial charge in [-0.3, -0.25) is 4.40 Å². The van der Waals surface area contributed by atoms with Crippen LogP contribution in [0.3, 0.4) is 0 Å². The highest BCUT2D eigenvalue weighted by Gasteiger charge is 2.08. The maximum atomic E-state index is 11.8. The lowest BCUT2D eigenvalue weighted by Crippen LogP contribution is -2.03. The van der Waals surface area contributed by atoms with Crippen LogP contribution in [0.15, 0.2) is 22.8 Å². The van der Waals surface area contributed by atoms with Gasteiger partial charge in [0.2, 0.25) is 0 Å². The molecule has 0 unspecified atom stereocenters. The van der Waals surface area contributed by atoms with E-state index in [0.29, 0.717) is 11.5 Å². The number of ether oxygens (including phenoxy) is 1. The number of aromatic nitrogens is 3. The van der Waals surface area contributed by atoms with E-state index in [0.717, 1.165) is 4.47 Å². The summed E-state index contributed by atoms with van der Waals surface area (Å²) < 4.78 is 30.2. The van der Waals surface area contributed by atoms with Gasteiger partial charge in [0.05, 0.1) is 0 Å². The molecule has 2 rings (SSSR count). The second-order valence-corrected chi connectivity index (χ2v) is 3.68. The summed E-state index contributed by atoms with van der Waals surface area (Å²) in [5, 5.41) is 7.55. The lowest BCUT2D eigenvalue weighted by Gasteiger charge is -2.01. The van der Waals surface area contributed by atoms with Gasteiger partial charge >= 0.3 is 6.61 Å². The summed E-state index contributed by atoms with van der Waals surface area (Å²) in [6.07, 6.45) is 1.69. The molecule has 0 fully saturated rings. The first kappa shape index (κ1) is 10.4. The van der Waals surface area contributed by atoms with E-state index in [2.05, 4.69) is 30.9 Å². The molecule has 0 aliphatic rings. The van der Waals surface area contributed by atoms with Gasteiger partial charge in [-0.2, -0.15) is 8.78 Å². The van der Waals surface area contributed by atoms with Crippen LogP contribution in [-0.4, -0.2) is 21.2 Å². The molecule has 0 aliphatic heterocycles. The third-order valence-electron chi connectivity index (χ3n) is 1.78. The average molecular weight is 278 g/mol. The van der Waals surface area contributed by atoms with E-state index in [1.807, 2.05) is 0 Å². The number of rotatable bonds is 3. The van der Waals surface area contributed by atoms with Crippen molar-refractivity contribution in [1.82, 2.24) is 14.6 Å². The number of fused-ring (bicyclic) bond motifs is 1. The topological polar surface area (TPSA) is 39.4 Å². The molecule has 2 aromatic rings. The Labute approximate surface area is 92.0 Å². The molecule has 0 amide bonds. The number of nitrogens with zero attached hydrogens (tertiary/aromatic N) is 3. The predicted octanol–water partition coefficient (Wildman–Crippen LogP) is 2.23. The highest BCUT2D eigenvalue weighted by Crippen LogP contribution is 2.13. The zero-order valence-electron chi connectivity index (χ0n) is 7.40. The monoisotopic (exact) mass is 277 g/mol. The van der Waals surface area contributed by atoms with Crippen molar-refractivity contribution < 1.29 is 13.5 Å². The van der Waals surface area contributed by atoms with Gasteiger partial charge in [0, 0.05) is 10.7 Å². The minimum atomic E-state index is -2.80. The molecule has 0 aromatic carbocycles. The molecule has 2 aromatic heterocycles. The summed E-state index contributed by atoms with van der Waals surface area (Å²) in [5.41, 5.74) is 0.589. The Morgan fingerprint density at radius 2 is 2.20 bits per heavy atom. The first-order valence-corrected chi connectivity index (χ1v) is 4.85. The molecule has 4 nitrogen and oxygen atoms in total. The van der Waals surface area contributed by atoms with Gasteiger partial charge in [-0.05, 0) is 28.1 Å². The van der Waals surface area contributed by atoms with Crippen molar-refractivity contribution in [3.8, 4) is 0 Å². The van der Waals surface area contributed by atoms with Crippen molar-refractivity contribution in [2.24, 2.45) is 0 Å². The Morgan fingerprint density at radius 1 is 1.40 bits per heavy atom. The van der Waals surface area contributed by atoms with E-state index in [4.69, 9.17) is 0 Å². The molecule has 7 heteroatoms. The van der Waals surface area contributed by atoms with Gasteiger partial charge in [0.15, 0.2) is 11.5 Å². The quantitative estimate of drug-likeness (QED) is 0.864. The van der Waals surface area contributed by atoms with Crippen LogP contribution in [0.25, 0.3) is 5.65 Å². The Kier molecular flexibility index (Phi) is 2.92. The Balaban J connectivity index is 2.31. The van der Waals surface area contributed by atoms with Gasteiger partial charge in [0.25, 0.3) is 0 Å². The van der Waals surface area contributed by atoms with Gasteiger partial charge in [-0.1, -0.05) is 0 Å². The van der Waals surface area contributed by atoms with Gasteiger partial charge < -0.3 is 4.74 Å². The van der Waals surface area contributed by atoms with E-state index in [9.17, 15) is 8.78 Å². The Hall–Kier alpha value is -1.08. The zero-order chi connectivity index (χ0) is 10.8. The van der Waals surface area contributed by atoms with Crippen molar-refractivity contribution in [2.45, 2.75) is 13.2 Å². The molecule has 0 N–H and O–H groups in total. The van der Waals surface area contributed by atoms with Gasteiger partial charge in [0.1, 0.15) is 6.61 Å². The normalized spacial score (nSPS) is 11.5. The maximum absolute atomic E-state index is 11.8. The largest absolute Gasteiger partial charge is 0.345 e. The van der Waals surface area contributed by atoms with Crippen LogP contribution in [0, 0.1) is 0 Å². The van der Waals surface area contributed by atoms with Crippen molar-refractivity contribution >= 4 is 21.6 Å². The fraction of sp³-hybridized carbons (Fsp3) is 0.250. The van der Waals surface area contributed by atoms with Gasteiger partial charge in [-0.25, -0.2) is 0 Å². The standard InChI is InChI=1S/C8H6BrF2N3O/c9-5-1-2-6-12-13-7(14(6)3-5)4-15-8(10)11/h1-3,8H,4H2. The number of alkyl halides is 2. The molecule has 0 saturated carbocycles. The first-order valence-electron chi connectivity index (χ1n) is 4.06. The fourth-order valence-corrected chi connectivity index (χ4v) is 1.49. The third-order valence-corrected chi connectivity index (χ3v) is 2.24. The van der Waals surface area contributed by atoms with Crippen LogP contribution in [-0.2, 0) is 11.3 Å². The minimum Gasteiger partial charge on any atom is -0.315 e. The molecule has 0 bridgehead atoms.